The first-order chi connectivity index (χ1) is 9.11. The number of carbonyl (C=O) groups is 2. The Bertz CT molecular complexity index is 398. The number of amides is 2. The molecule has 1 saturated heterocycles. The Labute approximate surface area is 113 Å². The summed E-state index contributed by atoms with van der Waals surface area (Å²) in [6.07, 6.45) is 9.03. The molecule has 2 aliphatic rings. The second-order valence-electron chi connectivity index (χ2n) is 5.43. The van der Waals surface area contributed by atoms with E-state index in [1.807, 2.05) is 0 Å². The van der Waals surface area contributed by atoms with Crippen molar-refractivity contribution in [2.75, 3.05) is 26.2 Å². The zero-order valence-electron chi connectivity index (χ0n) is 11.0. The van der Waals surface area contributed by atoms with Crippen LogP contribution in [0.1, 0.15) is 25.7 Å². The highest BCUT2D eigenvalue weighted by Crippen LogP contribution is 2.30. The van der Waals surface area contributed by atoms with Crippen molar-refractivity contribution in [3.63, 3.8) is 0 Å². The Balaban J connectivity index is 1.95. The number of hydrogen-bond donors (Lipinski definition) is 1. The maximum Gasteiger partial charge on any atom is 0.320 e. The Morgan fingerprint density at radius 2 is 2.11 bits per heavy atom. The summed E-state index contributed by atoms with van der Waals surface area (Å²) >= 11 is 0. The van der Waals surface area contributed by atoms with E-state index < -0.39 is 11.9 Å². The molecule has 1 aliphatic heterocycles. The topological polar surface area (TPSA) is 60.9 Å². The zero-order valence-corrected chi connectivity index (χ0v) is 11.0. The van der Waals surface area contributed by atoms with Crippen LogP contribution in [0.5, 0.6) is 0 Å². The number of terminal acetylenes is 1. The molecule has 2 amide bonds. The summed E-state index contributed by atoms with van der Waals surface area (Å²) in [6, 6.07) is -0.101. The van der Waals surface area contributed by atoms with Crippen molar-refractivity contribution in [1.29, 1.82) is 0 Å². The van der Waals surface area contributed by atoms with Crippen LogP contribution in [-0.4, -0.2) is 53.1 Å². The third-order valence-electron chi connectivity index (χ3n) is 3.77. The fraction of sp³-hybridized carbons (Fsp3) is 0.714. The molecule has 1 saturated carbocycles. The van der Waals surface area contributed by atoms with E-state index in [9.17, 15) is 9.59 Å². The molecular formula is C14H20N2O3. The van der Waals surface area contributed by atoms with Crippen LogP contribution in [0.2, 0.25) is 0 Å². The van der Waals surface area contributed by atoms with Crippen molar-refractivity contribution in [1.82, 2.24) is 9.80 Å². The molecule has 1 aliphatic carbocycles. The SMILES string of the molecule is C#CCN(CC1CC1)C(=O)N1CCCC(C(=O)O)C1. The molecule has 1 N–H and O–H groups in total. The fourth-order valence-electron chi connectivity index (χ4n) is 2.49. The molecule has 2 rings (SSSR count). The van der Waals surface area contributed by atoms with Gasteiger partial charge in [-0.1, -0.05) is 5.92 Å². The molecule has 5 nitrogen and oxygen atoms in total. The van der Waals surface area contributed by atoms with Gasteiger partial charge < -0.3 is 14.9 Å². The van der Waals surface area contributed by atoms with Crippen molar-refractivity contribution >= 4 is 12.0 Å². The van der Waals surface area contributed by atoms with E-state index in [0.29, 0.717) is 38.5 Å². The lowest BCUT2D eigenvalue weighted by Gasteiger charge is -2.34. The molecule has 0 bridgehead atoms. The minimum absolute atomic E-state index is 0.101. The number of aliphatic carboxylic acids is 1. The number of hydrogen-bond acceptors (Lipinski definition) is 2. The number of carboxylic acid groups (broad SMARTS) is 1. The standard InChI is InChI=1S/C14H20N2O3/c1-2-7-15(9-11-5-6-11)14(19)16-8-3-4-12(10-16)13(17)18/h1,11-12H,3-10H2,(H,17,18). The van der Waals surface area contributed by atoms with Crippen molar-refractivity contribution in [3.8, 4) is 12.3 Å². The monoisotopic (exact) mass is 264 g/mol. The summed E-state index contributed by atoms with van der Waals surface area (Å²) in [7, 11) is 0. The normalized spacial score (nSPS) is 22.7. The van der Waals surface area contributed by atoms with Crippen molar-refractivity contribution < 1.29 is 14.7 Å². The Hall–Kier alpha value is -1.70. The molecular weight excluding hydrogens is 244 g/mol. The van der Waals surface area contributed by atoms with Crippen LogP contribution in [0.3, 0.4) is 0 Å². The summed E-state index contributed by atoms with van der Waals surface area (Å²) in [5.41, 5.74) is 0. The fourth-order valence-corrected chi connectivity index (χ4v) is 2.49. The summed E-state index contributed by atoms with van der Waals surface area (Å²) in [6.45, 7) is 1.95. The van der Waals surface area contributed by atoms with Crippen LogP contribution in [-0.2, 0) is 4.79 Å². The van der Waals surface area contributed by atoms with Crippen LogP contribution in [0.25, 0.3) is 0 Å². The Morgan fingerprint density at radius 1 is 1.37 bits per heavy atom. The molecule has 0 spiro atoms. The minimum atomic E-state index is -0.816. The van der Waals surface area contributed by atoms with Crippen molar-refractivity contribution in [3.05, 3.63) is 0 Å². The van der Waals surface area contributed by atoms with Gasteiger partial charge in [0.05, 0.1) is 12.5 Å². The van der Waals surface area contributed by atoms with Crippen molar-refractivity contribution in [2.45, 2.75) is 25.7 Å². The van der Waals surface area contributed by atoms with Crippen LogP contribution in [0, 0.1) is 24.2 Å². The van der Waals surface area contributed by atoms with Crippen molar-refractivity contribution in [2.24, 2.45) is 11.8 Å². The lowest BCUT2D eigenvalue weighted by atomic mass is 9.98. The van der Waals surface area contributed by atoms with Gasteiger partial charge >= 0.3 is 12.0 Å². The number of rotatable bonds is 4. The van der Waals surface area contributed by atoms with Gasteiger partial charge in [-0.25, -0.2) is 4.79 Å². The summed E-state index contributed by atoms with van der Waals surface area (Å²) in [5.74, 6) is 1.84. The average molecular weight is 264 g/mol. The van der Waals surface area contributed by atoms with Gasteiger partial charge in [0.25, 0.3) is 0 Å². The molecule has 104 valence electrons. The lowest BCUT2D eigenvalue weighted by molar-refractivity contribution is -0.143. The first-order valence-electron chi connectivity index (χ1n) is 6.82. The van der Waals surface area contributed by atoms with Gasteiger partial charge in [0.15, 0.2) is 0 Å². The second kappa shape index (κ2) is 5.96. The Kier molecular flexibility index (Phi) is 4.31. The molecule has 1 atom stereocenters. The first kappa shape index (κ1) is 13.7. The maximum atomic E-state index is 12.4. The Morgan fingerprint density at radius 3 is 2.68 bits per heavy atom. The van der Waals surface area contributed by atoms with Crippen LogP contribution in [0.4, 0.5) is 4.79 Å². The van der Waals surface area contributed by atoms with Gasteiger partial charge in [-0.05, 0) is 31.6 Å². The number of piperidine rings is 1. The molecule has 1 unspecified atom stereocenters. The number of urea groups is 1. The predicted octanol–water partition coefficient (Wildman–Crippen LogP) is 1.25. The van der Waals surface area contributed by atoms with Gasteiger partial charge in [0.1, 0.15) is 0 Å². The number of likely N-dealkylation sites (tertiary alicyclic amines) is 1. The highest BCUT2D eigenvalue weighted by Gasteiger charge is 2.32. The number of carbonyl (C=O) groups excluding carboxylic acids is 1. The molecule has 0 aromatic heterocycles. The largest absolute Gasteiger partial charge is 0.481 e. The van der Waals surface area contributed by atoms with Gasteiger partial charge in [0.2, 0.25) is 0 Å². The molecule has 0 aromatic carbocycles. The van der Waals surface area contributed by atoms with E-state index in [0.717, 1.165) is 19.3 Å². The molecule has 0 radical (unpaired) electrons. The average Bonchev–Trinajstić information content (AvgIpc) is 3.21. The molecule has 1 heterocycles. The van der Waals surface area contributed by atoms with Crippen LogP contribution < -0.4 is 0 Å². The minimum Gasteiger partial charge on any atom is -0.481 e. The summed E-state index contributed by atoms with van der Waals surface area (Å²) in [5, 5.41) is 9.05. The predicted molar refractivity (Wildman–Crippen MR) is 70.5 cm³/mol. The maximum absolute atomic E-state index is 12.4. The summed E-state index contributed by atoms with van der Waals surface area (Å²) in [4.78, 5) is 26.7. The van der Waals surface area contributed by atoms with Gasteiger partial charge in [0, 0.05) is 19.6 Å². The van der Waals surface area contributed by atoms with E-state index in [-0.39, 0.29) is 6.03 Å². The smallest absolute Gasteiger partial charge is 0.320 e. The van der Waals surface area contributed by atoms with Gasteiger partial charge in [-0.3, -0.25) is 4.79 Å². The first-order valence-corrected chi connectivity index (χ1v) is 6.82. The zero-order chi connectivity index (χ0) is 13.8. The molecule has 5 heteroatoms. The molecule has 19 heavy (non-hydrogen) atoms. The number of carboxylic acids is 1. The van der Waals surface area contributed by atoms with Gasteiger partial charge in [-0.15, -0.1) is 6.42 Å². The third-order valence-corrected chi connectivity index (χ3v) is 3.77. The van der Waals surface area contributed by atoms with E-state index in [2.05, 4.69) is 5.92 Å². The van der Waals surface area contributed by atoms with E-state index in [4.69, 9.17) is 11.5 Å². The third kappa shape index (κ3) is 3.63. The number of nitrogens with zero attached hydrogens (tertiary/aromatic N) is 2. The molecule has 2 fully saturated rings. The van der Waals surface area contributed by atoms with E-state index in [1.165, 1.54) is 0 Å². The van der Waals surface area contributed by atoms with Gasteiger partial charge in [-0.2, -0.15) is 0 Å². The highest BCUT2D eigenvalue weighted by molar-refractivity contribution is 5.77. The lowest BCUT2D eigenvalue weighted by Crippen LogP contribution is -2.49. The van der Waals surface area contributed by atoms with E-state index in [1.54, 1.807) is 9.80 Å². The second-order valence-corrected chi connectivity index (χ2v) is 5.43. The summed E-state index contributed by atoms with van der Waals surface area (Å²) < 4.78 is 0. The quantitative estimate of drug-likeness (QED) is 0.777. The molecule has 0 aromatic rings. The highest BCUT2D eigenvalue weighted by atomic mass is 16.4. The van der Waals surface area contributed by atoms with E-state index >= 15 is 0 Å². The van der Waals surface area contributed by atoms with Crippen LogP contribution in [0.15, 0.2) is 0 Å². The van der Waals surface area contributed by atoms with Crippen LogP contribution >= 0.6 is 0 Å².